The van der Waals surface area contributed by atoms with Gasteiger partial charge in [-0.15, -0.1) is 0 Å². The number of fused-ring (bicyclic) bond motifs is 1. The highest BCUT2D eigenvalue weighted by atomic mass is 16.1. The fraction of sp³-hybridized carbons (Fsp3) is 0.833. The molecular formula is C12H18O2. The predicted octanol–water partition coefficient (Wildman–Crippen LogP) is 2.51. The van der Waals surface area contributed by atoms with Crippen molar-refractivity contribution in [1.82, 2.24) is 0 Å². The average molecular weight is 194 g/mol. The van der Waals surface area contributed by atoms with E-state index in [-0.39, 0.29) is 23.4 Å². The second-order valence-corrected chi connectivity index (χ2v) is 4.80. The van der Waals surface area contributed by atoms with Crippen LogP contribution in [0.2, 0.25) is 0 Å². The van der Waals surface area contributed by atoms with Gasteiger partial charge >= 0.3 is 0 Å². The topological polar surface area (TPSA) is 34.1 Å². The van der Waals surface area contributed by atoms with Gasteiger partial charge in [0.1, 0.15) is 11.6 Å². The molecule has 0 aromatic carbocycles. The van der Waals surface area contributed by atoms with Gasteiger partial charge in [-0.1, -0.05) is 19.8 Å². The fourth-order valence-electron chi connectivity index (χ4n) is 2.86. The van der Waals surface area contributed by atoms with E-state index in [9.17, 15) is 9.59 Å². The molecule has 2 aliphatic carbocycles. The number of carbonyl (C=O) groups is 2. The fourth-order valence-corrected chi connectivity index (χ4v) is 2.86. The van der Waals surface area contributed by atoms with Gasteiger partial charge in [0.25, 0.3) is 0 Å². The van der Waals surface area contributed by atoms with E-state index in [4.69, 9.17) is 0 Å². The number of rotatable bonds is 4. The first-order valence-electron chi connectivity index (χ1n) is 5.74. The van der Waals surface area contributed by atoms with Gasteiger partial charge in [0.15, 0.2) is 0 Å². The summed E-state index contributed by atoms with van der Waals surface area (Å²) in [6.45, 7) is 1.83. The van der Waals surface area contributed by atoms with Crippen molar-refractivity contribution in [2.45, 2.75) is 51.9 Å². The molecule has 0 N–H and O–H groups in total. The van der Waals surface area contributed by atoms with Gasteiger partial charge in [-0.2, -0.15) is 0 Å². The van der Waals surface area contributed by atoms with Gasteiger partial charge < -0.3 is 0 Å². The van der Waals surface area contributed by atoms with E-state index in [1.807, 2.05) is 6.92 Å². The van der Waals surface area contributed by atoms with Crippen molar-refractivity contribution < 1.29 is 9.59 Å². The molecule has 0 saturated heterocycles. The lowest BCUT2D eigenvalue weighted by Crippen LogP contribution is -2.23. The van der Waals surface area contributed by atoms with E-state index < -0.39 is 0 Å². The summed E-state index contributed by atoms with van der Waals surface area (Å²) < 4.78 is 0. The number of ketones is 2. The molecule has 0 aliphatic heterocycles. The molecule has 2 fully saturated rings. The van der Waals surface area contributed by atoms with Gasteiger partial charge in [-0.3, -0.25) is 9.59 Å². The molecule has 2 heteroatoms. The maximum absolute atomic E-state index is 11.9. The minimum Gasteiger partial charge on any atom is -0.299 e. The maximum atomic E-state index is 11.9. The van der Waals surface area contributed by atoms with Crippen LogP contribution in [0.5, 0.6) is 0 Å². The van der Waals surface area contributed by atoms with Crippen LogP contribution in [0.1, 0.15) is 51.9 Å². The summed E-state index contributed by atoms with van der Waals surface area (Å²) in [5, 5.41) is 0. The van der Waals surface area contributed by atoms with Gasteiger partial charge in [0.2, 0.25) is 0 Å². The van der Waals surface area contributed by atoms with E-state index in [2.05, 4.69) is 0 Å². The van der Waals surface area contributed by atoms with Crippen molar-refractivity contribution in [3.63, 3.8) is 0 Å². The zero-order valence-corrected chi connectivity index (χ0v) is 8.84. The molecule has 0 amide bonds. The Morgan fingerprint density at radius 1 is 1.36 bits per heavy atom. The number of hydrogen-bond acceptors (Lipinski definition) is 2. The summed E-state index contributed by atoms with van der Waals surface area (Å²) in [6, 6.07) is 0. The van der Waals surface area contributed by atoms with Crippen molar-refractivity contribution in [2.24, 2.45) is 11.3 Å². The molecule has 0 radical (unpaired) electrons. The smallest absolute Gasteiger partial charge is 0.146 e. The number of carbonyl (C=O) groups excluding carboxylic acids is 2. The highest BCUT2D eigenvalue weighted by molar-refractivity contribution is 6.03. The SMILES string of the molecule is CCC(=O)CC(=O)C12CCCCC1C2. The zero-order chi connectivity index (χ0) is 10.2. The van der Waals surface area contributed by atoms with Crippen LogP contribution in [0.3, 0.4) is 0 Å². The quantitative estimate of drug-likeness (QED) is 0.644. The molecular weight excluding hydrogens is 176 g/mol. The molecule has 2 saturated carbocycles. The molecule has 0 aromatic rings. The van der Waals surface area contributed by atoms with Gasteiger partial charge in [-0.05, 0) is 25.2 Å². The molecule has 14 heavy (non-hydrogen) atoms. The van der Waals surface area contributed by atoms with E-state index >= 15 is 0 Å². The molecule has 2 unspecified atom stereocenters. The molecule has 0 bridgehead atoms. The van der Waals surface area contributed by atoms with Crippen LogP contribution in [0.15, 0.2) is 0 Å². The van der Waals surface area contributed by atoms with Gasteiger partial charge in [0, 0.05) is 11.8 Å². The largest absolute Gasteiger partial charge is 0.299 e. The molecule has 0 heterocycles. The molecule has 78 valence electrons. The standard InChI is InChI=1S/C12H18O2/c1-2-10(13)7-11(14)12-6-4-3-5-9(12)8-12/h9H,2-8H2,1H3. The molecule has 2 rings (SSSR count). The highest BCUT2D eigenvalue weighted by Gasteiger charge is 2.59. The summed E-state index contributed by atoms with van der Waals surface area (Å²) in [5.74, 6) is 0.989. The maximum Gasteiger partial charge on any atom is 0.146 e. The average Bonchev–Trinajstić information content (AvgIpc) is 2.93. The Morgan fingerprint density at radius 3 is 2.79 bits per heavy atom. The number of hydrogen-bond donors (Lipinski definition) is 0. The summed E-state index contributed by atoms with van der Waals surface area (Å²) in [6.07, 6.45) is 6.51. The van der Waals surface area contributed by atoms with Crippen LogP contribution >= 0.6 is 0 Å². The van der Waals surface area contributed by atoms with E-state index in [1.54, 1.807) is 0 Å². The van der Waals surface area contributed by atoms with Crippen molar-refractivity contribution >= 4 is 11.6 Å². The summed E-state index contributed by atoms with van der Waals surface area (Å²) >= 11 is 0. The minimum atomic E-state index is -0.0247. The summed E-state index contributed by atoms with van der Waals surface area (Å²) in [5.41, 5.74) is -0.0247. The normalized spacial score (nSPS) is 34.8. The lowest BCUT2D eigenvalue weighted by Gasteiger charge is -2.19. The Labute approximate surface area is 85.1 Å². The van der Waals surface area contributed by atoms with Gasteiger partial charge in [-0.25, -0.2) is 0 Å². The van der Waals surface area contributed by atoms with Crippen LogP contribution in [-0.4, -0.2) is 11.6 Å². The third-order valence-electron chi connectivity index (χ3n) is 3.96. The Balaban J connectivity index is 1.95. The Kier molecular flexibility index (Phi) is 2.46. The minimum absolute atomic E-state index is 0.0247. The Hall–Kier alpha value is -0.660. The van der Waals surface area contributed by atoms with E-state index in [1.165, 1.54) is 19.3 Å². The predicted molar refractivity (Wildman–Crippen MR) is 53.9 cm³/mol. The van der Waals surface area contributed by atoms with Gasteiger partial charge in [0.05, 0.1) is 6.42 Å². The monoisotopic (exact) mass is 194 g/mol. The third kappa shape index (κ3) is 1.51. The van der Waals surface area contributed by atoms with Crippen molar-refractivity contribution in [3.8, 4) is 0 Å². The van der Waals surface area contributed by atoms with E-state index in [0.717, 1.165) is 12.8 Å². The van der Waals surface area contributed by atoms with Crippen molar-refractivity contribution in [3.05, 3.63) is 0 Å². The lowest BCUT2D eigenvalue weighted by atomic mass is 9.83. The van der Waals surface area contributed by atoms with Crippen molar-refractivity contribution in [1.29, 1.82) is 0 Å². The van der Waals surface area contributed by atoms with Crippen molar-refractivity contribution in [2.75, 3.05) is 0 Å². The van der Waals surface area contributed by atoms with Crippen LogP contribution in [0.25, 0.3) is 0 Å². The summed E-state index contributed by atoms with van der Waals surface area (Å²) in [4.78, 5) is 23.1. The summed E-state index contributed by atoms with van der Waals surface area (Å²) in [7, 11) is 0. The second-order valence-electron chi connectivity index (χ2n) is 4.80. The molecule has 2 nitrogen and oxygen atoms in total. The molecule has 0 aromatic heterocycles. The van der Waals surface area contributed by atoms with Crippen LogP contribution in [0, 0.1) is 11.3 Å². The second kappa shape index (κ2) is 3.48. The Bertz CT molecular complexity index is 269. The van der Waals surface area contributed by atoms with Crippen LogP contribution < -0.4 is 0 Å². The molecule has 2 aliphatic rings. The first-order valence-corrected chi connectivity index (χ1v) is 5.74. The third-order valence-corrected chi connectivity index (χ3v) is 3.96. The first kappa shape index (κ1) is 9.88. The zero-order valence-electron chi connectivity index (χ0n) is 8.84. The Morgan fingerprint density at radius 2 is 2.14 bits per heavy atom. The number of Topliss-reactive ketones (excluding diaryl/α,β-unsaturated/α-hetero) is 2. The van der Waals surface area contributed by atoms with E-state index in [0.29, 0.717) is 12.3 Å². The van der Waals surface area contributed by atoms with Crippen LogP contribution in [0.4, 0.5) is 0 Å². The molecule has 0 spiro atoms. The first-order chi connectivity index (χ1) is 6.69. The highest BCUT2D eigenvalue weighted by Crippen LogP contribution is 2.62. The molecule has 2 atom stereocenters. The van der Waals surface area contributed by atoms with Crippen LogP contribution in [-0.2, 0) is 9.59 Å². The lowest BCUT2D eigenvalue weighted by molar-refractivity contribution is -0.131.